The monoisotopic (exact) mass is 235 g/mol. The number of nitrogens with two attached hydrogens (primary N) is 1. The minimum absolute atomic E-state index is 0.197. The van der Waals surface area contributed by atoms with E-state index >= 15 is 0 Å². The topological polar surface area (TPSA) is 87.7 Å². The van der Waals surface area contributed by atoms with Crippen molar-refractivity contribution < 1.29 is 18.8 Å². The molecule has 1 aliphatic carbocycles. The summed E-state index contributed by atoms with van der Waals surface area (Å²) >= 11 is 0. The van der Waals surface area contributed by atoms with Crippen molar-refractivity contribution in [2.75, 3.05) is 6.54 Å². The van der Waals surface area contributed by atoms with Crippen LogP contribution in [0, 0.1) is 5.41 Å². The van der Waals surface area contributed by atoms with Gasteiger partial charge in [0.05, 0.1) is 6.54 Å². The standard InChI is InChI=1S/C9H15F2N3O2/c10-6(11)5-13-8(15)9(7(12)14-16)3-1-2-4-9/h6,16H,1-5H2,(H2,12,14)(H,13,15). The Kier molecular flexibility index (Phi) is 4.03. The van der Waals surface area contributed by atoms with Crippen LogP contribution < -0.4 is 11.1 Å². The Morgan fingerprint density at radius 3 is 2.50 bits per heavy atom. The Bertz CT molecular complexity index is 288. The lowest BCUT2D eigenvalue weighted by molar-refractivity contribution is -0.128. The predicted octanol–water partition coefficient (Wildman–Crippen LogP) is 0.674. The molecule has 0 heterocycles. The molecule has 0 aliphatic heterocycles. The van der Waals surface area contributed by atoms with Crippen LogP contribution in [0.3, 0.4) is 0 Å². The number of carbonyl (C=O) groups excluding carboxylic acids is 1. The molecule has 1 aliphatic rings. The Morgan fingerprint density at radius 1 is 1.50 bits per heavy atom. The molecule has 0 bridgehead atoms. The number of nitrogens with one attached hydrogen (secondary N) is 1. The van der Waals surface area contributed by atoms with Gasteiger partial charge in [-0.1, -0.05) is 18.0 Å². The summed E-state index contributed by atoms with van der Waals surface area (Å²) in [7, 11) is 0. The second kappa shape index (κ2) is 5.09. The van der Waals surface area contributed by atoms with Crippen LogP contribution in [0.5, 0.6) is 0 Å². The number of nitrogens with zero attached hydrogens (tertiary/aromatic N) is 1. The third-order valence-electron chi connectivity index (χ3n) is 2.91. The molecule has 1 fully saturated rings. The molecule has 1 saturated carbocycles. The number of amidine groups is 1. The van der Waals surface area contributed by atoms with Crippen LogP contribution in [0.25, 0.3) is 0 Å². The number of amides is 1. The molecule has 16 heavy (non-hydrogen) atoms. The Morgan fingerprint density at radius 2 is 2.06 bits per heavy atom. The molecule has 0 saturated heterocycles. The molecule has 0 aromatic heterocycles. The summed E-state index contributed by atoms with van der Waals surface area (Å²) < 4.78 is 23.9. The lowest BCUT2D eigenvalue weighted by atomic mass is 9.84. The predicted molar refractivity (Wildman–Crippen MR) is 53.3 cm³/mol. The van der Waals surface area contributed by atoms with Gasteiger partial charge in [0.25, 0.3) is 6.43 Å². The molecule has 4 N–H and O–H groups in total. The first-order valence-corrected chi connectivity index (χ1v) is 5.07. The zero-order valence-electron chi connectivity index (χ0n) is 8.75. The fraction of sp³-hybridized carbons (Fsp3) is 0.778. The van der Waals surface area contributed by atoms with E-state index in [9.17, 15) is 13.6 Å². The Balaban J connectivity index is 2.74. The number of carbonyl (C=O) groups is 1. The van der Waals surface area contributed by atoms with Crippen molar-refractivity contribution in [2.24, 2.45) is 16.3 Å². The second-order valence-electron chi connectivity index (χ2n) is 3.88. The highest BCUT2D eigenvalue weighted by atomic mass is 19.3. The van der Waals surface area contributed by atoms with Gasteiger partial charge in [-0.15, -0.1) is 0 Å². The third-order valence-corrected chi connectivity index (χ3v) is 2.91. The Labute approximate surface area is 91.7 Å². The molecular weight excluding hydrogens is 220 g/mol. The van der Waals surface area contributed by atoms with Crippen molar-refractivity contribution in [3.8, 4) is 0 Å². The maximum absolute atomic E-state index is 12.0. The smallest absolute Gasteiger partial charge is 0.255 e. The van der Waals surface area contributed by atoms with Gasteiger partial charge in [-0.3, -0.25) is 4.79 Å². The maximum atomic E-state index is 12.0. The van der Waals surface area contributed by atoms with Crippen molar-refractivity contribution in [2.45, 2.75) is 32.1 Å². The number of rotatable bonds is 4. The van der Waals surface area contributed by atoms with Crippen molar-refractivity contribution in [1.82, 2.24) is 5.32 Å². The maximum Gasteiger partial charge on any atom is 0.255 e. The normalized spacial score (nSPS) is 20.1. The van der Waals surface area contributed by atoms with Crippen LogP contribution in [0.15, 0.2) is 5.16 Å². The minimum atomic E-state index is -2.60. The molecule has 1 rings (SSSR count). The molecule has 1 amide bonds. The highest BCUT2D eigenvalue weighted by Gasteiger charge is 2.45. The molecule has 0 aromatic carbocycles. The van der Waals surface area contributed by atoms with Crippen molar-refractivity contribution in [3.05, 3.63) is 0 Å². The van der Waals surface area contributed by atoms with Crippen LogP contribution in [0.1, 0.15) is 25.7 Å². The molecule has 92 valence electrons. The molecule has 7 heteroatoms. The van der Waals surface area contributed by atoms with Crippen LogP contribution in [-0.2, 0) is 4.79 Å². The zero-order valence-corrected chi connectivity index (χ0v) is 8.75. The third kappa shape index (κ3) is 2.40. The molecule has 0 unspecified atom stereocenters. The van der Waals surface area contributed by atoms with Gasteiger partial charge in [0.1, 0.15) is 5.41 Å². The van der Waals surface area contributed by atoms with Gasteiger partial charge in [0.15, 0.2) is 5.84 Å². The van der Waals surface area contributed by atoms with Crippen LogP contribution in [0.2, 0.25) is 0 Å². The number of hydrogen-bond donors (Lipinski definition) is 3. The van der Waals surface area contributed by atoms with Gasteiger partial charge < -0.3 is 16.3 Å². The molecule has 0 atom stereocenters. The summed E-state index contributed by atoms with van der Waals surface area (Å²) in [6.45, 7) is -0.709. The van der Waals surface area contributed by atoms with E-state index in [1.165, 1.54) is 0 Å². The first-order chi connectivity index (χ1) is 7.53. The summed E-state index contributed by atoms with van der Waals surface area (Å²) in [6.07, 6.45) is -0.221. The van der Waals surface area contributed by atoms with E-state index < -0.39 is 24.3 Å². The Hall–Kier alpha value is -1.40. The van der Waals surface area contributed by atoms with Crippen LogP contribution in [0.4, 0.5) is 8.78 Å². The first-order valence-electron chi connectivity index (χ1n) is 5.07. The number of oxime groups is 1. The van der Waals surface area contributed by atoms with Gasteiger partial charge in [0.2, 0.25) is 5.91 Å². The summed E-state index contributed by atoms with van der Waals surface area (Å²) in [4.78, 5) is 11.8. The molecule has 0 aromatic rings. The van der Waals surface area contributed by atoms with Crippen molar-refractivity contribution in [3.63, 3.8) is 0 Å². The number of alkyl halides is 2. The lowest BCUT2D eigenvalue weighted by Gasteiger charge is -2.25. The highest BCUT2D eigenvalue weighted by molar-refractivity contribution is 6.07. The molecular formula is C9H15F2N3O2. The number of halogens is 2. The highest BCUT2D eigenvalue weighted by Crippen LogP contribution is 2.38. The summed E-state index contributed by atoms with van der Waals surface area (Å²) in [5, 5.41) is 13.6. The fourth-order valence-corrected chi connectivity index (χ4v) is 2.01. The van der Waals surface area contributed by atoms with Crippen molar-refractivity contribution in [1.29, 1.82) is 0 Å². The van der Waals surface area contributed by atoms with Gasteiger partial charge in [-0.25, -0.2) is 8.78 Å². The van der Waals surface area contributed by atoms with E-state index in [4.69, 9.17) is 10.9 Å². The minimum Gasteiger partial charge on any atom is -0.409 e. The van der Waals surface area contributed by atoms with E-state index in [0.717, 1.165) is 12.8 Å². The van der Waals surface area contributed by atoms with E-state index in [2.05, 4.69) is 10.5 Å². The molecule has 0 spiro atoms. The average molecular weight is 235 g/mol. The zero-order chi connectivity index (χ0) is 12.2. The summed E-state index contributed by atoms with van der Waals surface area (Å²) in [5.74, 6) is -0.780. The molecule has 5 nitrogen and oxygen atoms in total. The summed E-state index contributed by atoms with van der Waals surface area (Å²) in [6, 6.07) is 0. The van der Waals surface area contributed by atoms with Gasteiger partial charge >= 0.3 is 0 Å². The quantitative estimate of drug-likeness (QED) is 0.290. The second-order valence-corrected chi connectivity index (χ2v) is 3.88. The number of hydrogen-bond acceptors (Lipinski definition) is 3. The van der Waals surface area contributed by atoms with Gasteiger partial charge in [0, 0.05) is 0 Å². The lowest BCUT2D eigenvalue weighted by Crippen LogP contribution is -2.49. The largest absolute Gasteiger partial charge is 0.409 e. The van der Waals surface area contributed by atoms with E-state index in [0.29, 0.717) is 12.8 Å². The summed E-state index contributed by atoms with van der Waals surface area (Å²) in [5.41, 5.74) is 4.36. The van der Waals surface area contributed by atoms with Gasteiger partial charge in [-0.2, -0.15) is 0 Å². The average Bonchev–Trinajstić information content (AvgIpc) is 2.74. The van der Waals surface area contributed by atoms with Gasteiger partial charge in [-0.05, 0) is 12.8 Å². The van der Waals surface area contributed by atoms with Crippen LogP contribution >= 0.6 is 0 Å². The van der Waals surface area contributed by atoms with E-state index in [-0.39, 0.29) is 5.84 Å². The molecule has 0 radical (unpaired) electrons. The van der Waals surface area contributed by atoms with Crippen molar-refractivity contribution >= 4 is 11.7 Å². The van der Waals surface area contributed by atoms with Crippen LogP contribution in [-0.4, -0.2) is 29.9 Å². The SMILES string of the molecule is NC(=NO)C1(C(=O)NCC(F)F)CCCC1. The van der Waals surface area contributed by atoms with E-state index in [1.807, 2.05) is 0 Å². The van der Waals surface area contributed by atoms with E-state index in [1.54, 1.807) is 0 Å². The first kappa shape index (κ1) is 12.7. The fourth-order valence-electron chi connectivity index (χ4n) is 2.01.